The molecule has 0 unspecified atom stereocenters. The highest BCUT2D eigenvalue weighted by Gasteiger charge is 2.25. The van der Waals surface area contributed by atoms with Gasteiger partial charge in [-0.25, -0.2) is 0 Å². The number of anilines is 1. The van der Waals surface area contributed by atoms with E-state index in [-0.39, 0.29) is 30.2 Å². The van der Waals surface area contributed by atoms with Gasteiger partial charge >= 0.3 is 0 Å². The minimum absolute atomic E-state index is 0.00780. The summed E-state index contributed by atoms with van der Waals surface area (Å²) in [6.45, 7) is 6.12. The van der Waals surface area contributed by atoms with Crippen molar-refractivity contribution in [3.8, 4) is 5.75 Å². The summed E-state index contributed by atoms with van der Waals surface area (Å²) in [6, 6.07) is 5.06. The molecule has 1 saturated heterocycles. The molecule has 0 atom stereocenters. The van der Waals surface area contributed by atoms with Gasteiger partial charge in [0.25, 0.3) is 11.8 Å². The highest BCUT2D eigenvalue weighted by atomic mass is 16.5. The van der Waals surface area contributed by atoms with E-state index in [2.05, 4.69) is 5.32 Å². The number of nitrogens with one attached hydrogen (secondary N) is 1. The molecule has 3 amide bonds. The smallest absolute Gasteiger partial charge is 0.262 e. The van der Waals surface area contributed by atoms with Crippen molar-refractivity contribution >= 4 is 23.4 Å². The third-order valence-corrected chi connectivity index (χ3v) is 4.45. The third-order valence-electron chi connectivity index (χ3n) is 4.45. The van der Waals surface area contributed by atoms with Gasteiger partial charge in [0.15, 0.2) is 6.61 Å². The maximum Gasteiger partial charge on any atom is 0.262 e. The van der Waals surface area contributed by atoms with Crippen LogP contribution in [0.3, 0.4) is 0 Å². The number of nitrogens with zero attached hydrogens (tertiary/aromatic N) is 2. The van der Waals surface area contributed by atoms with E-state index in [1.165, 1.54) is 0 Å². The van der Waals surface area contributed by atoms with Crippen molar-refractivity contribution in [3.05, 3.63) is 23.8 Å². The average molecular weight is 345 g/mol. The Balaban J connectivity index is 1.70. The van der Waals surface area contributed by atoms with Crippen LogP contribution in [0.4, 0.5) is 5.69 Å². The fraction of sp³-hybridized carbons (Fsp3) is 0.500. The maximum atomic E-state index is 12.8. The molecule has 0 saturated carbocycles. The zero-order valence-corrected chi connectivity index (χ0v) is 14.6. The van der Waals surface area contributed by atoms with Crippen LogP contribution < -0.4 is 10.1 Å². The molecule has 25 heavy (non-hydrogen) atoms. The molecular formula is C18H23N3O4. The Morgan fingerprint density at radius 1 is 1.12 bits per heavy atom. The largest absolute Gasteiger partial charge is 0.482 e. The van der Waals surface area contributed by atoms with E-state index in [1.807, 2.05) is 18.7 Å². The standard InChI is InChI=1S/C18H23N3O4/c1-12(2)17(23)20-6-3-7-21(9-8-20)18(24)13-4-5-15-14(10-13)19-16(22)11-25-15/h4-5,10,12H,3,6-9,11H2,1-2H3,(H,19,22). The van der Waals surface area contributed by atoms with Crippen LogP contribution in [0.5, 0.6) is 5.75 Å². The van der Waals surface area contributed by atoms with Crippen LogP contribution in [-0.4, -0.2) is 60.3 Å². The molecule has 1 aromatic rings. The van der Waals surface area contributed by atoms with Crippen LogP contribution in [0.25, 0.3) is 0 Å². The summed E-state index contributed by atoms with van der Waals surface area (Å²) < 4.78 is 5.32. The zero-order chi connectivity index (χ0) is 18.0. The molecule has 2 aliphatic heterocycles. The Morgan fingerprint density at radius 3 is 2.60 bits per heavy atom. The maximum absolute atomic E-state index is 12.8. The minimum Gasteiger partial charge on any atom is -0.482 e. The molecule has 0 radical (unpaired) electrons. The second-order valence-electron chi connectivity index (χ2n) is 6.67. The summed E-state index contributed by atoms with van der Waals surface area (Å²) in [5.74, 6) is 0.339. The predicted octanol–water partition coefficient (Wildman–Crippen LogP) is 1.35. The lowest BCUT2D eigenvalue weighted by molar-refractivity contribution is -0.134. The van der Waals surface area contributed by atoms with Crippen LogP contribution in [0.1, 0.15) is 30.6 Å². The summed E-state index contributed by atoms with van der Waals surface area (Å²) >= 11 is 0. The molecule has 0 bridgehead atoms. The second kappa shape index (κ2) is 7.13. The molecule has 134 valence electrons. The lowest BCUT2D eigenvalue weighted by Gasteiger charge is -2.24. The number of rotatable bonds is 2. The van der Waals surface area contributed by atoms with E-state index in [9.17, 15) is 14.4 Å². The van der Waals surface area contributed by atoms with Gasteiger partial charge in [-0.3, -0.25) is 14.4 Å². The molecule has 2 heterocycles. The lowest BCUT2D eigenvalue weighted by atomic mass is 10.1. The van der Waals surface area contributed by atoms with Gasteiger partial charge in [-0.15, -0.1) is 0 Å². The normalized spacial score (nSPS) is 17.5. The topological polar surface area (TPSA) is 79.0 Å². The van der Waals surface area contributed by atoms with Gasteiger partial charge in [0.2, 0.25) is 5.91 Å². The summed E-state index contributed by atoms with van der Waals surface area (Å²) in [7, 11) is 0. The number of amides is 3. The molecule has 0 spiro atoms. The van der Waals surface area contributed by atoms with Crippen LogP contribution in [0.2, 0.25) is 0 Å². The predicted molar refractivity (Wildman–Crippen MR) is 92.5 cm³/mol. The lowest BCUT2D eigenvalue weighted by Crippen LogP contribution is -2.39. The summed E-state index contributed by atoms with van der Waals surface area (Å²) in [6.07, 6.45) is 0.759. The van der Waals surface area contributed by atoms with E-state index >= 15 is 0 Å². The van der Waals surface area contributed by atoms with Gasteiger partial charge in [0, 0.05) is 37.7 Å². The highest BCUT2D eigenvalue weighted by molar-refractivity contribution is 5.99. The first kappa shape index (κ1) is 17.3. The van der Waals surface area contributed by atoms with E-state index in [4.69, 9.17) is 4.74 Å². The van der Waals surface area contributed by atoms with Crippen LogP contribution in [0, 0.1) is 5.92 Å². The SMILES string of the molecule is CC(C)C(=O)N1CCCN(C(=O)c2ccc3c(c2)NC(=O)CO3)CC1. The van der Waals surface area contributed by atoms with Gasteiger partial charge in [-0.1, -0.05) is 13.8 Å². The van der Waals surface area contributed by atoms with Crippen molar-refractivity contribution in [1.82, 2.24) is 9.80 Å². The average Bonchev–Trinajstić information content (AvgIpc) is 2.85. The Labute approximate surface area is 146 Å². The van der Waals surface area contributed by atoms with E-state index in [0.717, 1.165) is 6.42 Å². The molecule has 1 fully saturated rings. The number of carbonyl (C=O) groups is 3. The quantitative estimate of drug-likeness (QED) is 0.877. The van der Waals surface area contributed by atoms with Crippen molar-refractivity contribution in [2.24, 2.45) is 5.92 Å². The summed E-state index contributed by atoms with van der Waals surface area (Å²) in [4.78, 5) is 40.0. The summed E-state index contributed by atoms with van der Waals surface area (Å²) in [5, 5.41) is 2.72. The van der Waals surface area contributed by atoms with Crippen LogP contribution in [0.15, 0.2) is 18.2 Å². The number of carbonyl (C=O) groups excluding carboxylic acids is 3. The molecule has 3 rings (SSSR count). The van der Waals surface area contributed by atoms with Crippen molar-refractivity contribution in [1.29, 1.82) is 0 Å². The fourth-order valence-corrected chi connectivity index (χ4v) is 3.10. The van der Waals surface area contributed by atoms with Gasteiger partial charge in [0.1, 0.15) is 5.75 Å². The number of ether oxygens (including phenoxy) is 1. The Kier molecular flexibility index (Phi) is 4.92. The Bertz CT molecular complexity index is 702. The first-order valence-electron chi connectivity index (χ1n) is 8.60. The molecule has 2 aliphatic rings. The number of hydrogen-bond donors (Lipinski definition) is 1. The van der Waals surface area contributed by atoms with Crippen LogP contribution in [-0.2, 0) is 9.59 Å². The summed E-state index contributed by atoms with van der Waals surface area (Å²) in [5.41, 5.74) is 1.03. The molecule has 7 nitrogen and oxygen atoms in total. The molecule has 0 aromatic heterocycles. The zero-order valence-electron chi connectivity index (χ0n) is 14.6. The number of fused-ring (bicyclic) bond motifs is 1. The van der Waals surface area contributed by atoms with Crippen molar-refractivity contribution in [2.75, 3.05) is 38.1 Å². The van der Waals surface area contributed by atoms with Crippen molar-refractivity contribution < 1.29 is 19.1 Å². The van der Waals surface area contributed by atoms with E-state index in [0.29, 0.717) is 43.2 Å². The third kappa shape index (κ3) is 3.75. The molecule has 1 aromatic carbocycles. The number of benzene rings is 1. The van der Waals surface area contributed by atoms with Crippen LogP contribution >= 0.6 is 0 Å². The molecule has 7 heteroatoms. The van der Waals surface area contributed by atoms with Gasteiger partial charge < -0.3 is 19.9 Å². The minimum atomic E-state index is -0.227. The number of hydrogen-bond acceptors (Lipinski definition) is 4. The fourth-order valence-electron chi connectivity index (χ4n) is 3.10. The van der Waals surface area contributed by atoms with E-state index in [1.54, 1.807) is 23.1 Å². The van der Waals surface area contributed by atoms with Crippen molar-refractivity contribution in [2.45, 2.75) is 20.3 Å². The van der Waals surface area contributed by atoms with Gasteiger partial charge in [-0.2, -0.15) is 0 Å². The second-order valence-corrected chi connectivity index (χ2v) is 6.67. The monoisotopic (exact) mass is 345 g/mol. The Morgan fingerprint density at radius 2 is 1.84 bits per heavy atom. The highest BCUT2D eigenvalue weighted by Crippen LogP contribution is 2.29. The Hall–Kier alpha value is -2.57. The first-order chi connectivity index (χ1) is 12.0. The van der Waals surface area contributed by atoms with Crippen molar-refractivity contribution in [3.63, 3.8) is 0 Å². The van der Waals surface area contributed by atoms with Gasteiger partial charge in [0.05, 0.1) is 5.69 Å². The first-order valence-corrected chi connectivity index (χ1v) is 8.60. The molecule has 1 N–H and O–H groups in total. The molecular weight excluding hydrogens is 322 g/mol. The van der Waals surface area contributed by atoms with E-state index < -0.39 is 0 Å². The van der Waals surface area contributed by atoms with Gasteiger partial charge in [-0.05, 0) is 24.6 Å². The molecule has 0 aliphatic carbocycles.